The topological polar surface area (TPSA) is 85.2 Å². The van der Waals surface area contributed by atoms with Crippen LogP contribution in [0.5, 0.6) is 5.88 Å². The van der Waals surface area contributed by atoms with Crippen LogP contribution in [0.15, 0.2) is 12.4 Å². The molecule has 0 aromatic carbocycles. The van der Waals surface area contributed by atoms with Crippen molar-refractivity contribution >= 4 is 17.3 Å². The summed E-state index contributed by atoms with van der Waals surface area (Å²) in [5.74, 6) is -0.556. The van der Waals surface area contributed by atoms with Crippen LogP contribution in [0.25, 0.3) is 10.7 Å². The van der Waals surface area contributed by atoms with Crippen LogP contribution in [0.4, 0.5) is 0 Å². The maximum absolute atomic E-state index is 11.3. The molecule has 0 atom stereocenters. The maximum atomic E-state index is 11.3. The minimum atomic E-state index is -0.973. The van der Waals surface area contributed by atoms with Gasteiger partial charge in [0, 0.05) is 11.5 Å². The van der Waals surface area contributed by atoms with Gasteiger partial charge in [0.2, 0.25) is 5.88 Å². The highest BCUT2D eigenvalue weighted by molar-refractivity contribution is 7.17. The highest BCUT2D eigenvalue weighted by Gasteiger charge is 2.27. The summed E-state index contributed by atoms with van der Waals surface area (Å²) >= 11 is 1.11. The molecule has 20 heavy (non-hydrogen) atoms. The van der Waals surface area contributed by atoms with Gasteiger partial charge in [0.15, 0.2) is 0 Å². The van der Waals surface area contributed by atoms with Crippen molar-refractivity contribution in [3.63, 3.8) is 0 Å². The third kappa shape index (κ3) is 2.77. The van der Waals surface area contributed by atoms with Gasteiger partial charge >= 0.3 is 5.97 Å². The lowest BCUT2D eigenvalue weighted by molar-refractivity contribution is 0.0699. The van der Waals surface area contributed by atoms with Gasteiger partial charge in [0.25, 0.3) is 0 Å². The van der Waals surface area contributed by atoms with E-state index in [1.165, 1.54) is 13.4 Å². The quantitative estimate of drug-likeness (QED) is 0.936. The molecular formula is C13H15N3O3S. The molecule has 2 rings (SSSR count). The fraction of sp³-hybridized carbons (Fsp3) is 0.385. The highest BCUT2D eigenvalue weighted by Crippen LogP contribution is 2.34. The molecule has 0 radical (unpaired) electrons. The predicted octanol–water partition coefficient (Wildman–Crippen LogP) is 2.60. The Morgan fingerprint density at radius 1 is 1.35 bits per heavy atom. The zero-order chi connectivity index (χ0) is 14.9. The van der Waals surface area contributed by atoms with E-state index in [4.69, 9.17) is 4.74 Å². The number of carboxylic acid groups (broad SMARTS) is 1. The minimum absolute atomic E-state index is 0.241. The van der Waals surface area contributed by atoms with Gasteiger partial charge in [-0.25, -0.2) is 19.7 Å². The van der Waals surface area contributed by atoms with E-state index >= 15 is 0 Å². The number of rotatable bonds is 3. The molecule has 0 unspecified atom stereocenters. The van der Waals surface area contributed by atoms with Gasteiger partial charge in [-0.3, -0.25) is 0 Å². The lowest BCUT2D eigenvalue weighted by Crippen LogP contribution is -2.16. The van der Waals surface area contributed by atoms with Crippen LogP contribution < -0.4 is 4.74 Å². The van der Waals surface area contributed by atoms with Gasteiger partial charge in [-0.05, 0) is 0 Å². The van der Waals surface area contributed by atoms with Gasteiger partial charge in [-0.2, -0.15) is 0 Å². The van der Waals surface area contributed by atoms with Crippen LogP contribution in [0.2, 0.25) is 0 Å². The summed E-state index contributed by atoms with van der Waals surface area (Å²) in [4.78, 5) is 24.1. The van der Waals surface area contributed by atoms with Crippen LogP contribution in [0.3, 0.4) is 0 Å². The van der Waals surface area contributed by atoms with E-state index in [-0.39, 0.29) is 10.3 Å². The maximum Gasteiger partial charge on any atom is 0.347 e. The van der Waals surface area contributed by atoms with E-state index in [0.29, 0.717) is 22.3 Å². The van der Waals surface area contributed by atoms with Gasteiger partial charge in [-0.15, -0.1) is 11.3 Å². The Kier molecular flexibility index (Phi) is 3.71. The lowest BCUT2D eigenvalue weighted by Gasteiger charge is -2.15. The molecule has 0 amide bonds. The minimum Gasteiger partial charge on any atom is -0.481 e. The first-order chi connectivity index (χ1) is 9.32. The molecule has 0 saturated carbocycles. The van der Waals surface area contributed by atoms with Crippen LogP contribution in [-0.2, 0) is 5.41 Å². The zero-order valence-corrected chi connectivity index (χ0v) is 12.5. The summed E-state index contributed by atoms with van der Waals surface area (Å²) in [6.07, 6.45) is 1.37. The van der Waals surface area contributed by atoms with E-state index in [0.717, 1.165) is 11.3 Å². The number of methoxy groups -OCH3 is 1. The molecule has 2 aromatic rings. The Hall–Kier alpha value is -2.02. The summed E-state index contributed by atoms with van der Waals surface area (Å²) in [5, 5.41) is 9.85. The van der Waals surface area contributed by atoms with Gasteiger partial charge in [-0.1, -0.05) is 20.8 Å². The van der Waals surface area contributed by atoms with Crippen LogP contribution in [0.1, 0.15) is 36.1 Å². The lowest BCUT2D eigenvalue weighted by atomic mass is 9.91. The van der Waals surface area contributed by atoms with E-state index < -0.39 is 5.97 Å². The summed E-state index contributed by atoms with van der Waals surface area (Å²) in [5.41, 5.74) is 0.766. The second kappa shape index (κ2) is 5.16. The normalized spacial score (nSPS) is 11.4. The Labute approximate surface area is 120 Å². The van der Waals surface area contributed by atoms with Crippen molar-refractivity contribution in [3.05, 3.63) is 23.0 Å². The fourth-order valence-corrected chi connectivity index (χ4v) is 2.73. The van der Waals surface area contributed by atoms with Gasteiger partial charge < -0.3 is 9.84 Å². The van der Waals surface area contributed by atoms with Crippen molar-refractivity contribution in [2.45, 2.75) is 26.2 Å². The molecule has 6 nitrogen and oxygen atoms in total. The van der Waals surface area contributed by atoms with E-state index in [1.54, 1.807) is 6.07 Å². The SMILES string of the molecule is COc1cc(-c2nc(C(C)(C)C)c(C(=O)O)s2)ncn1. The van der Waals surface area contributed by atoms with Crippen molar-refractivity contribution in [1.29, 1.82) is 0 Å². The molecule has 0 bridgehead atoms. The summed E-state index contributed by atoms with van der Waals surface area (Å²) in [7, 11) is 1.51. The molecule has 7 heteroatoms. The molecule has 0 aliphatic rings. The molecule has 0 saturated heterocycles. The van der Waals surface area contributed by atoms with E-state index in [9.17, 15) is 9.90 Å². The van der Waals surface area contributed by atoms with Crippen molar-refractivity contribution in [2.24, 2.45) is 0 Å². The van der Waals surface area contributed by atoms with Gasteiger partial charge in [0.05, 0.1) is 12.8 Å². The molecule has 106 valence electrons. The average molecular weight is 293 g/mol. The number of carbonyl (C=O) groups is 1. The number of carboxylic acids is 1. The number of hydrogen-bond acceptors (Lipinski definition) is 6. The third-order valence-corrected chi connectivity index (χ3v) is 3.67. The Balaban J connectivity index is 2.56. The number of nitrogens with zero attached hydrogens (tertiary/aromatic N) is 3. The number of hydrogen-bond donors (Lipinski definition) is 1. The molecule has 2 heterocycles. The standard InChI is InChI=1S/C13H15N3O3S/c1-13(2,3)10-9(12(17)18)20-11(16-10)7-5-8(19-4)15-6-14-7/h5-6H,1-4H3,(H,17,18). The zero-order valence-electron chi connectivity index (χ0n) is 11.7. The monoisotopic (exact) mass is 293 g/mol. The van der Waals surface area contributed by atoms with E-state index in [1.807, 2.05) is 20.8 Å². The van der Waals surface area contributed by atoms with Crippen molar-refractivity contribution in [2.75, 3.05) is 7.11 Å². The molecular weight excluding hydrogens is 278 g/mol. The molecule has 0 aliphatic heterocycles. The Morgan fingerprint density at radius 3 is 2.55 bits per heavy atom. The van der Waals surface area contributed by atoms with Crippen LogP contribution >= 0.6 is 11.3 Å². The smallest absolute Gasteiger partial charge is 0.347 e. The average Bonchev–Trinajstić information content (AvgIpc) is 2.84. The first-order valence-electron chi connectivity index (χ1n) is 5.94. The summed E-state index contributed by atoms with van der Waals surface area (Å²) in [6.45, 7) is 5.79. The van der Waals surface area contributed by atoms with Crippen LogP contribution in [0, 0.1) is 0 Å². The number of ether oxygens (including phenoxy) is 1. The van der Waals surface area contributed by atoms with Crippen molar-refractivity contribution in [1.82, 2.24) is 15.0 Å². The summed E-state index contributed by atoms with van der Waals surface area (Å²) < 4.78 is 5.04. The molecule has 0 fully saturated rings. The molecule has 2 aromatic heterocycles. The van der Waals surface area contributed by atoms with Crippen LogP contribution in [-0.4, -0.2) is 33.1 Å². The summed E-state index contributed by atoms with van der Waals surface area (Å²) in [6, 6.07) is 1.64. The van der Waals surface area contributed by atoms with Crippen molar-refractivity contribution < 1.29 is 14.6 Å². The molecule has 0 spiro atoms. The van der Waals surface area contributed by atoms with E-state index in [2.05, 4.69) is 15.0 Å². The first-order valence-corrected chi connectivity index (χ1v) is 6.75. The Morgan fingerprint density at radius 2 is 2.05 bits per heavy atom. The first kappa shape index (κ1) is 14.4. The number of thiazole rings is 1. The molecule has 0 aliphatic carbocycles. The largest absolute Gasteiger partial charge is 0.481 e. The third-order valence-electron chi connectivity index (χ3n) is 2.60. The Bertz CT molecular complexity index is 647. The number of aromatic carboxylic acids is 1. The highest BCUT2D eigenvalue weighted by atomic mass is 32.1. The van der Waals surface area contributed by atoms with Crippen molar-refractivity contribution in [3.8, 4) is 16.6 Å². The second-order valence-corrected chi connectivity index (χ2v) is 6.20. The number of aromatic nitrogens is 3. The second-order valence-electron chi connectivity index (χ2n) is 5.20. The predicted molar refractivity (Wildman–Crippen MR) is 75.4 cm³/mol. The fourth-order valence-electron chi connectivity index (χ4n) is 1.65. The van der Waals surface area contributed by atoms with Gasteiger partial charge in [0.1, 0.15) is 21.9 Å². The molecule has 1 N–H and O–H groups in total.